The zero-order valence-corrected chi connectivity index (χ0v) is 13.5. The predicted octanol–water partition coefficient (Wildman–Crippen LogP) is 1.54. The molecule has 9 nitrogen and oxygen atoms in total. The van der Waals surface area contributed by atoms with Crippen molar-refractivity contribution in [2.75, 3.05) is 0 Å². The van der Waals surface area contributed by atoms with Crippen molar-refractivity contribution in [3.63, 3.8) is 0 Å². The van der Waals surface area contributed by atoms with Crippen molar-refractivity contribution in [3.8, 4) is 11.5 Å². The molecule has 2 N–H and O–H groups in total. The average Bonchev–Trinajstić information content (AvgIpc) is 2.88. The maximum atomic E-state index is 12.6. The molecule has 2 bridgehead atoms. The lowest BCUT2D eigenvalue weighted by Crippen LogP contribution is -2.38. The van der Waals surface area contributed by atoms with Gasteiger partial charge in [0, 0.05) is 17.7 Å². The van der Waals surface area contributed by atoms with Gasteiger partial charge in [0.15, 0.2) is 5.75 Å². The Hall–Kier alpha value is -3.23. The number of amides is 2. The number of fused-ring (bicyclic) bond motifs is 1. The molecule has 26 heavy (non-hydrogen) atoms. The maximum Gasteiger partial charge on any atom is 0.311 e. The second-order valence-electron chi connectivity index (χ2n) is 6.73. The Balaban J connectivity index is 1.64. The number of hydrogen-bond donors (Lipinski definition) is 2. The molecule has 4 atom stereocenters. The highest BCUT2D eigenvalue weighted by molar-refractivity contribution is 6.06. The first-order chi connectivity index (χ1) is 12.4. The molecular formula is C17H15N3O6. The van der Waals surface area contributed by atoms with Crippen LogP contribution in [-0.2, 0) is 9.59 Å². The molecule has 134 valence electrons. The molecule has 3 aliphatic carbocycles. The molecule has 1 aromatic carbocycles. The normalized spacial score (nSPS) is 29.6. The van der Waals surface area contributed by atoms with E-state index >= 15 is 0 Å². The summed E-state index contributed by atoms with van der Waals surface area (Å²) >= 11 is 0. The summed E-state index contributed by atoms with van der Waals surface area (Å²) in [7, 11) is 0. The quantitative estimate of drug-likeness (QED) is 0.277. The number of nitro benzene ring substituents is 1. The van der Waals surface area contributed by atoms with Gasteiger partial charge in [-0.15, -0.1) is 0 Å². The van der Waals surface area contributed by atoms with E-state index in [4.69, 9.17) is 0 Å². The topological polar surface area (TPSA) is 133 Å². The van der Waals surface area contributed by atoms with E-state index in [2.05, 4.69) is 5.10 Å². The first kappa shape index (κ1) is 16.2. The molecule has 2 fully saturated rings. The summed E-state index contributed by atoms with van der Waals surface area (Å²) in [5.41, 5.74) is -0.690. The van der Waals surface area contributed by atoms with E-state index in [-0.39, 0.29) is 29.2 Å². The first-order valence-electron chi connectivity index (χ1n) is 8.19. The minimum atomic E-state index is -0.809. The van der Waals surface area contributed by atoms with Crippen LogP contribution in [0.2, 0.25) is 0 Å². The molecule has 0 radical (unpaired) electrons. The highest BCUT2D eigenvalue weighted by Gasteiger charge is 2.56. The van der Waals surface area contributed by atoms with E-state index < -0.39 is 33.9 Å². The van der Waals surface area contributed by atoms with Crippen LogP contribution in [0.25, 0.3) is 0 Å². The minimum Gasteiger partial charge on any atom is -0.507 e. The third-order valence-electron chi connectivity index (χ3n) is 5.37. The Bertz CT molecular complexity index is 861. The van der Waals surface area contributed by atoms with Crippen LogP contribution in [0.5, 0.6) is 11.5 Å². The lowest BCUT2D eigenvalue weighted by molar-refractivity contribution is -0.385. The Morgan fingerprint density at radius 1 is 1.08 bits per heavy atom. The van der Waals surface area contributed by atoms with Gasteiger partial charge in [0.25, 0.3) is 11.8 Å². The summed E-state index contributed by atoms with van der Waals surface area (Å²) < 4.78 is 0. The number of allylic oxidation sites excluding steroid dienone is 2. The molecule has 4 aliphatic rings. The van der Waals surface area contributed by atoms with Gasteiger partial charge in [0.05, 0.1) is 23.0 Å². The first-order valence-corrected chi connectivity index (χ1v) is 8.19. The van der Waals surface area contributed by atoms with Crippen LogP contribution in [0.3, 0.4) is 0 Å². The number of nitro groups is 1. The molecule has 2 amide bonds. The van der Waals surface area contributed by atoms with Crippen molar-refractivity contribution >= 4 is 23.7 Å². The molecule has 4 unspecified atom stereocenters. The Kier molecular flexibility index (Phi) is 3.53. The van der Waals surface area contributed by atoms with Crippen molar-refractivity contribution in [1.82, 2.24) is 5.01 Å². The summed E-state index contributed by atoms with van der Waals surface area (Å²) in [4.78, 5) is 35.3. The highest BCUT2D eigenvalue weighted by atomic mass is 16.6. The van der Waals surface area contributed by atoms with E-state index in [1.807, 2.05) is 12.2 Å². The summed E-state index contributed by atoms with van der Waals surface area (Å²) in [6.07, 6.45) is 6.73. The van der Waals surface area contributed by atoms with Gasteiger partial charge in [-0.05, 0) is 24.7 Å². The molecule has 0 aromatic heterocycles. The number of carbonyl (C=O) groups excluding carboxylic acids is 2. The standard InChI is InChI=1S/C17H15N3O6/c21-12-6-13(22)11(20(25)26)5-10(12)7-18-19-16(23)14-8-1-2-9(4-3-8)15(14)17(19)24/h1-2,5-9,14-15,21-22H,3-4H2. The van der Waals surface area contributed by atoms with Gasteiger partial charge < -0.3 is 10.2 Å². The lowest BCUT2D eigenvalue weighted by atomic mass is 9.63. The molecular weight excluding hydrogens is 342 g/mol. The second kappa shape index (κ2) is 5.65. The Labute approximate surface area is 147 Å². The smallest absolute Gasteiger partial charge is 0.311 e. The molecule has 1 saturated heterocycles. The fourth-order valence-electron chi connectivity index (χ4n) is 4.12. The van der Waals surface area contributed by atoms with Crippen LogP contribution < -0.4 is 0 Å². The van der Waals surface area contributed by atoms with E-state index in [0.29, 0.717) is 0 Å². The van der Waals surface area contributed by atoms with Crippen molar-refractivity contribution < 1.29 is 24.7 Å². The Morgan fingerprint density at radius 3 is 2.15 bits per heavy atom. The number of phenolic OH excluding ortho intramolecular Hbond substituents is 2. The Morgan fingerprint density at radius 2 is 1.65 bits per heavy atom. The lowest BCUT2D eigenvalue weighted by Gasteiger charge is -2.37. The van der Waals surface area contributed by atoms with Crippen LogP contribution in [0.4, 0.5) is 5.69 Å². The van der Waals surface area contributed by atoms with Gasteiger partial charge in [-0.25, -0.2) is 0 Å². The van der Waals surface area contributed by atoms with Crippen molar-refractivity contribution in [1.29, 1.82) is 0 Å². The molecule has 9 heteroatoms. The van der Waals surface area contributed by atoms with Crippen LogP contribution in [0, 0.1) is 33.8 Å². The number of aromatic hydroxyl groups is 2. The van der Waals surface area contributed by atoms with Gasteiger partial charge in [-0.2, -0.15) is 10.1 Å². The molecule has 1 aliphatic heterocycles. The van der Waals surface area contributed by atoms with Crippen LogP contribution in [0.15, 0.2) is 29.4 Å². The third-order valence-corrected chi connectivity index (χ3v) is 5.37. The molecule has 1 heterocycles. The summed E-state index contributed by atoms with van der Waals surface area (Å²) in [6.45, 7) is 0. The maximum absolute atomic E-state index is 12.6. The van der Waals surface area contributed by atoms with Gasteiger partial charge in [0.1, 0.15) is 5.75 Å². The monoisotopic (exact) mass is 357 g/mol. The van der Waals surface area contributed by atoms with Crippen LogP contribution in [-0.4, -0.2) is 38.2 Å². The highest BCUT2D eigenvalue weighted by Crippen LogP contribution is 2.49. The summed E-state index contributed by atoms with van der Waals surface area (Å²) in [6, 6.07) is 1.74. The van der Waals surface area contributed by atoms with Crippen LogP contribution >= 0.6 is 0 Å². The van der Waals surface area contributed by atoms with Crippen molar-refractivity contribution in [2.45, 2.75) is 12.8 Å². The summed E-state index contributed by atoms with van der Waals surface area (Å²) in [5.74, 6) is -2.67. The minimum absolute atomic E-state index is 0.0322. The van der Waals surface area contributed by atoms with Gasteiger partial charge in [0.2, 0.25) is 0 Å². The predicted molar refractivity (Wildman–Crippen MR) is 88.2 cm³/mol. The number of imide groups is 1. The molecule has 5 rings (SSSR count). The zero-order valence-electron chi connectivity index (χ0n) is 13.5. The van der Waals surface area contributed by atoms with Crippen molar-refractivity contribution in [3.05, 3.63) is 40.0 Å². The number of phenols is 2. The third kappa shape index (κ3) is 2.27. The SMILES string of the molecule is O=C1C2C3C=CC(CC3)C2C(=O)N1N=Cc1cc([N+](=O)[O-])c(O)cc1O. The zero-order chi connectivity index (χ0) is 18.6. The van der Waals surface area contributed by atoms with E-state index in [1.54, 1.807) is 0 Å². The molecule has 1 aromatic rings. The van der Waals surface area contributed by atoms with Crippen LogP contribution in [0.1, 0.15) is 18.4 Å². The van der Waals surface area contributed by atoms with Gasteiger partial charge >= 0.3 is 5.69 Å². The van der Waals surface area contributed by atoms with Crippen molar-refractivity contribution in [2.24, 2.45) is 28.8 Å². The van der Waals surface area contributed by atoms with Gasteiger partial charge in [-0.1, -0.05) is 12.2 Å². The largest absolute Gasteiger partial charge is 0.507 e. The average molecular weight is 357 g/mol. The number of benzene rings is 1. The molecule has 1 saturated carbocycles. The fourth-order valence-corrected chi connectivity index (χ4v) is 4.12. The van der Waals surface area contributed by atoms with Gasteiger partial charge in [-0.3, -0.25) is 19.7 Å². The van der Waals surface area contributed by atoms with E-state index in [9.17, 15) is 29.9 Å². The number of hydrogen-bond acceptors (Lipinski definition) is 7. The number of rotatable bonds is 3. The second-order valence-corrected chi connectivity index (χ2v) is 6.73. The fraction of sp³-hybridized carbons (Fsp3) is 0.353. The van der Waals surface area contributed by atoms with E-state index in [1.165, 1.54) is 0 Å². The van der Waals surface area contributed by atoms with E-state index in [0.717, 1.165) is 36.2 Å². The number of nitrogens with zero attached hydrogens (tertiary/aromatic N) is 3. The number of hydrazone groups is 1. The molecule has 0 spiro atoms. The number of carbonyl (C=O) groups is 2. The summed E-state index contributed by atoms with van der Waals surface area (Å²) in [5, 5.41) is 34.9.